The van der Waals surface area contributed by atoms with Gasteiger partial charge in [0.1, 0.15) is 0 Å². The van der Waals surface area contributed by atoms with Crippen molar-refractivity contribution in [3.05, 3.63) is 0 Å². The zero-order chi connectivity index (χ0) is 9.38. The summed E-state index contributed by atoms with van der Waals surface area (Å²) < 4.78 is 5.68. The highest BCUT2D eigenvalue weighted by Crippen LogP contribution is 2.43. The van der Waals surface area contributed by atoms with E-state index in [0.29, 0.717) is 12.2 Å². The van der Waals surface area contributed by atoms with Gasteiger partial charge in [0.2, 0.25) is 0 Å². The molecule has 1 heterocycles. The average Bonchev–Trinajstić information content (AvgIpc) is 2.95. The molecule has 0 aromatic rings. The molecule has 3 fully saturated rings. The van der Waals surface area contributed by atoms with Gasteiger partial charge in [-0.25, -0.2) is 0 Å². The smallest absolute Gasteiger partial charge is 0.0844 e. The van der Waals surface area contributed by atoms with Crippen LogP contribution < -0.4 is 0 Å². The Balaban J connectivity index is 1.59. The van der Waals surface area contributed by atoms with Crippen molar-refractivity contribution in [1.29, 1.82) is 0 Å². The molecule has 80 valence electrons. The van der Waals surface area contributed by atoms with E-state index in [-0.39, 0.29) is 0 Å². The summed E-state index contributed by atoms with van der Waals surface area (Å²) in [4.78, 5) is 0. The Labute approximate surface area is 87.2 Å². The fourth-order valence-corrected chi connectivity index (χ4v) is 3.67. The molecule has 1 aliphatic heterocycles. The predicted octanol–water partition coefficient (Wildman–Crippen LogP) is 3.52. The van der Waals surface area contributed by atoms with E-state index < -0.39 is 0 Å². The van der Waals surface area contributed by atoms with Crippen LogP contribution in [-0.4, -0.2) is 12.2 Å². The first-order valence-corrected chi connectivity index (χ1v) is 6.59. The van der Waals surface area contributed by atoms with Crippen LogP contribution in [0.5, 0.6) is 0 Å². The summed E-state index contributed by atoms with van der Waals surface area (Å²) >= 11 is 0. The molecule has 1 heteroatoms. The lowest BCUT2D eigenvalue weighted by molar-refractivity contribution is 0.198. The number of hydrogen-bond donors (Lipinski definition) is 0. The third-order valence-corrected chi connectivity index (χ3v) is 4.60. The van der Waals surface area contributed by atoms with Crippen LogP contribution in [0, 0.1) is 11.8 Å². The Bertz CT molecular complexity index is 195. The Morgan fingerprint density at radius 3 is 2.29 bits per heavy atom. The molecule has 0 aromatic carbocycles. The summed E-state index contributed by atoms with van der Waals surface area (Å²) in [5.41, 5.74) is 0. The second kappa shape index (κ2) is 3.84. The normalized spacial score (nSPS) is 44.1. The van der Waals surface area contributed by atoms with Crippen LogP contribution in [0.3, 0.4) is 0 Å². The van der Waals surface area contributed by atoms with Gasteiger partial charge in [-0.05, 0) is 31.1 Å². The van der Waals surface area contributed by atoms with Crippen LogP contribution in [0.2, 0.25) is 0 Å². The number of ether oxygens (including phenoxy) is 1. The Kier molecular flexibility index (Phi) is 2.53. The Morgan fingerprint density at radius 2 is 1.43 bits per heavy atom. The quantitative estimate of drug-likeness (QED) is 0.582. The highest BCUT2D eigenvalue weighted by Gasteiger charge is 2.43. The van der Waals surface area contributed by atoms with E-state index in [4.69, 9.17) is 4.74 Å². The predicted molar refractivity (Wildman–Crippen MR) is 57.2 cm³/mol. The fraction of sp³-hybridized carbons (Fsp3) is 1.00. The van der Waals surface area contributed by atoms with Gasteiger partial charge in [-0.1, -0.05) is 38.5 Å². The standard InChI is InChI=1S/C13H22O/c1-2-5-10(6-3-1)11-7-4-8-12-13(9-11)14-12/h10-13H,1-9H2. The van der Waals surface area contributed by atoms with E-state index >= 15 is 0 Å². The molecule has 0 bridgehead atoms. The highest BCUT2D eigenvalue weighted by atomic mass is 16.6. The molecule has 0 aromatic heterocycles. The average molecular weight is 194 g/mol. The maximum atomic E-state index is 5.68. The summed E-state index contributed by atoms with van der Waals surface area (Å²) in [7, 11) is 0. The van der Waals surface area contributed by atoms with Crippen LogP contribution in [0.4, 0.5) is 0 Å². The number of epoxide rings is 1. The van der Waals surface area contributed by atoms with Gasteiger partial charge < -0.3 is 4.74 Å². The van der Waals surface area contributed by atoms with E-state index in [0.717, 1.165) is 11.8 Å². The Morgan fingerprint density at radius 1 is 0.643 bits per heavy atom. The van der Waals surface area contributed by atoms with E-state index in [1.165, 1.54) is 57.8 Å². The van der Waals surface area contributed by atoms with Gasteiger partial charge in [-0.15, -0.1) is 0 Å². The first-order chi connectivity index (χ1) is 6.93. The molecule has 3 rings (SSSR count). The fourth-order valence-electron chi connectivity index (χ4n) is 3.67. The van der Waals surface area contributed by atoms with Crippen molar-refractivity contribution in [1.82, 2.24) is 0 Å². The monoisotopic (exact) mass is 194 g/mol. The molecule has 1 nitrogen and oxygen atoms in total. The minimum absolute atomic E-state index is 0.684. The first kappa shape index (κ1) is 9.21. The molecule has 3 atom stereocenters. The van der Waals surface area contributed by atoms with Crippen LogP contribution in [0.1, 0.15) is 57.8 Å². The number of hydrogen-bond acceptors (Lipinski definition) is 1. The molecule has 1 saturated heterocycles. The molecule has 3 unspecified atom stereocenters. The van der Waals surface area contributed by atoms with Crippen molar-refractivity contribution in [2.75, 3.05) is 0 Å². The third-order valence-electron chi connectivity index (χ3n) is 4.60. The maximum Gasteiger partial charge on any atom is 0.0844 e. The Hall–Kier alpha value is -0.0400. The molecule has 14 heavy (non-hydrogen) atoms. The number of rotatable bonds is 1. The summed E-state index contributed by atoms with van der Waals surface area (Å²) in [6.07, 6.45) is 14.6. The minimum atomic E-state index is 0.684. The van der Waals surface area contributed by atoms with Crippen LogP contribution in [0.15, 0.2) is 0 Å². The lowest BCUT2D eigenvalue weighted by Crippen LogP contribution is -2.19. The first-order valence-electron chi connectivity index (χ1n) is 6.59. The molecule has 0 radical (unpaired) electrons. The van der Waals surface area contributed by atoms with E-state index in [9.17, 15) is 0 Å². The van der Waals surface area contributed by atoms with Crippen molar-refractivity contribution in [3.8, 4) is 0 Å². The summed E-state index contributed by atoms with van der Waals surface area (Å²) in [5, 5.41) is 0. The second-order valence-corrected chi connectivity index (χ2v) is 5.54. The molecular weight excluding hydrogens is 172 g/mol. The van der Waals surface area contributed by atoms with Crippen molar-refractivity contribution < 1.29 is 4.74 Å². The van der Waals surface area contributed by atoms with Crippen molar-refractivity contribution in [2.45, 2.75) is 70.0 Å². The molecular formula is C13H22O. The lowest BCUT2D eigenvalue weighted by Gasteiger charge is -2.29. The van der Waals surface area contributed by atoms with E-state index in [1.807, 2.05) is 0 Å². The number of fused-ring (bicyclic) bond motifs is 1. The lowest BCUT2D eigenvalue weighted by atomic mass is 9.77. The summed E-state index contributed by atoms with van der Waals surface area (Å²) in [5.74, 6) is 2.08. The molecule has 2 saturated carbocycles. The van der Waals surface area contributed by atoms with Gasteiger partial charge in [0.05, 0.1) is 12.2 Å². The van der Waals surface area contributed by atoms with Gasteiger partial charge in [0.15, 0.2) is 0 Å². The van der Waals surface area contributed by atoms with Crippen molar-refractivity contribution in [3.63, 3.8) is 0 Å². The summed E-state index contributed by atoms with van der Waals surface area (Å²) in [6, 6.07) is 0. The highest BCUT2D eigenvalue weighted by molar-refractivity contribution is 4.91. The van der Waals surface area contributed by atoms with E-state index in [2.05, 4.69) is 0 Å². The second-order valence-electron chi connectivity index (χ2n) is 5.54. The van der Waals surface area contributed by atoms with Gasteiger partial charge in [0.25, 0.3) is 0 Å². The molecule has 3 aliphatic rings. The zero-order valence-corrected chi connectivity index (χ0v) is 9.08. The van der Waals surface area contributed by atoms with Crippen molar-refractivity contribution in [2.24, 2.45) is 11.8 Å². The molecule has 2 aliphatic carbocycles. The minimum Gasteiger partial charge on any atom is -0.370 e. The molecule has 0 N–H and O–H groups in total. The third kappa shape index (κ3) is 1.84. The van der Waals surface area contributed by atoms with Gasteiger partial charge in [0, 0.05) is 0 Å². The van der Waals surface area contributed by atoms with E-state index in [1.54, 1.807) is 0 Å². The topological polar surface area (TPSA) is 12.5 Å². The van der Waals surface area contributed by atoms with Crippen LogP contribution in [-0.2, 0) is 4.74 Å². The van der Waals surface area contributed by atoms with Crippen LogP contribution >= 0.6 is 0 Å². The van der Waals surface area contributed by atoms with Gasteiger partial charge in [-0.2, -0.15) is 0 Å². The van der Waals surface area contributed by atoms with Gasteiger partial charge in [-0.3, -0.25) is 0 Å². The SMILES string of the molecule is C1CCC(C2CCCC3OC3C2)CC1. The van der Waals surface area contributed by atoms with Gasteiger partial charge >= 0.3 is 0 Å². The van der Waals surface area contributed by atoms with Crippen molar-refractivity contribution >= 4 is 0 Å². The largest absolute Gasteiger partial charge is 0.370 e. The zero-order valence-electron chi connectivity index (χ0n) is 9.08. The van der Waals surface area contributed by atoms with Crippen LogP contribution in [0.25, 0.3) is 0 Å². The molecule has 0 spiro atoms. The molecule has 0 amide bonds. The maximum absolute atomic E-state index is 5.68. The summed E-state index contributed by atoms with van der Waals surface area (Å²) in [6.45, 7) is 0.